The maximum absolute atomic E-state index is 5.80. The van der Waals surface area contributed by atoms with Gasteiger partial charge in [0.05, 0.1) is 9.50 Å². The summed E-state index contributed by atoms with van der Waals surface area (Å²) in [5.41, 5.74) is 0. The molecule has 84 valence electrons. The second kappa shape index (κ2) is 5.32. The van der Waals surface area contributed by atoms with Gasteiger partial charge < -0.3 is 10.3 Å². The van der Waals surface area contributed by atoms with E-state index in [1.54, 1.807) is 12.4 Å². The van der Waals surface area contributed by atoms with Crippen LogP contribution in [0.2, 0.25) is 5.02 Å². The Morgan fingerprint density at radius 1 is 1.44 bits per heavy atom. The highest BCUT2D eigenvalue weighted by Gasteiger charge is 2.02. The van der Waals surface area contributed by atoms with Gasteiger partial charge in [0.25, 0.3) is 0 Å². The summed E-state index contributed by atoms with van der Waals surface area (Å²) < 4.78 is 0.861. The van der Waals surface area contributed by atoms with Gasteiger partial charge in [0.15, 0.2) is 0 Å². The second-order valence-electron chi connectivity index (χ2n) is 3.20. The fourth-order valence-electron chi connectivity index (χ4n) is 1.28. The number of hydrogen-bond donors (Lipinski definition) is 2. The van der Waals surface area contributed by atoms with Crippen molar-refractivity contribution in [1.29, 1.82) is 0 Å². The molecule has 2 heterocycles. The van der Waals surface area contributed by atoms with Crippen LogP contribution < -0.4 is 5.32 Å². The van der Waals surface area contributed by atoms with E-state index < -0.39 is 0 Å². The van der Waals surface area contributed by atoms with Crippen molar-refractivity contribution in [3.05, 3.63) is 40.0 Å². The molecule has 16 heavy (non-hydrogen) atoms. The molecule has 2 aromatic rings. The van der Waals surface area contributed by atoms with Gasteiger partial charge in [-0.15, -0.1) is 0 Å². The van der Waals surface area contributed by atoms with Gasteiger partial charge >= 0.3 is 0 Å². The Morgan fingerprint density at radius 2 is 2.31 bits per heavy atom. The second-order valence-corrected chi connectivity index (χ2v) is 4.49. The first-order valence-electron chi connectivity index (χ1n) is 4.79. The molecule has 0 aromatic carbocycles. The Balaban J connectivity index is 1.90. The van der Waals surface area contributed by atoms with Crippen LogP contribution in [-0.4, -0.2) is 21.5 Å². The van der Waals surface area contributed by atoms with E-state index >= 15 is 0 Å². The van der Waals surface area contributed by atoms with E-state index in [4.69, 9.17) is 11.6 Å². The van der Waals surface area contributed by atoms with Crippen molar-refractivity contribution in [2.24, 2.45) is 0 Å². The predicted molar refractivity (Wildman–Crippen MR) is 67.7 cm³/mol. The quantitative estimate of drug-likeness (QED) is 0.913. The van der Waals surface area contributed by atoms with E-state index in [1.807, 2.05) is 12.3 Å². The molecular formula is C10H10BrClN4. The molecule has 0 atom stereocenters. The van der Waals surface area contributed by atoms with Crippen LogP contribution >= 0.6 is 27.5 Å². The van der Waals surface area contributed by atoms with Gasteiger partial charge in [0.2, 0.25) is 0 Å². The third-order valence-corrected chi connectivity index (χ3v) is 2.83. The van der Waals surface area contributed by atoms with E-state index in [2.05, 4.69) is 36.2 Å². The van der Waals surface area contributed by atoms with Gasteiger partial charge in [0.1, 0.15) is 11.6 Å². The third kappa shape index (κ3) is 2.96. The molecule has 0 saturated carbocycles. The van der Waals surface area contributed by atoms with Crippen LogP contribution in [0.3, 0.4) is 0 Å². The molecule has 0 spiro atoms. The fourth-order valence-corrected chi connectivity index (χ4v) is 2.06. The summed E-state index contributed by atoms with van der Waals surface area (Å²) in [5, 5.41) is 3.82. The lowest BCUT2D eigenvalue weighted by molar-refractivity contribution is 0.921. The van der Waals surface area contributed by atoms with Crippen molar-refractivity contribution in [3.63, 3.8) is 0 Å². The number of nitrogens with zero attached hydrogens (tertiary/aromatic N) is 2. The molecule has 0 radical (unpaired) electrons. The van der Waals surface area contributed by atoms with Crippen LogP contribution in [0.1, 0.15) is 5.82 Å². The first kappa shape index (κ1) is 11.4. The molecule has 0 aliphatic rings. The van der Waals surface area contributed by atoms with Crippen molar-refractivity contribution in [2.45, 2.75) is 6.42 Å². The third-order valence-electron chi connectivity index (χ3n) is 2.02. The topological polar surface area (TPSA) is 53.6 Å². The molecular weight excluding hydrogens is 291 g/mol. The van der Waals surface area contributed by atoms with E-state index in [9.17, 15) is 0 Å². The fraction of sp³-hybridized carbons (Fsp3) is 0.200. The highest BCUT2D eigenvalue weighted by molar-refractivity contribution is 9.10. The molecule has 2 N–H and O–H groups in total. The SMILES string of the molecule is Clc1cnc(NCCc2ncc[nH]2)c(Br)c1. The first-order valence-corrected chi connectivity index (χ1v) is 5.96. The van der Waals surface area contributed by atoms with Crippen molar-refractivity contribution in [3.8, 4) is 0 Å². The van der Waals surface area contributed by atoms with Crippen LogP contribution in [0.4, 0.5) is 5.82 Å². The predicted octanol–water partition coefficient (Wildman–Crippen LogP) is 2.88. The van der Waals surface area contributed by atoms with Gasteiger partial charge in [0, 0.05) is 31.6 Å². The summed E-state index contributed by atoms with van der Waals surface area (Å²) in [6.07, 6.45) is 5.99. The molecule has 0 aliphatic carbocycles. The summed E-state index contributed by atoms with van der Waals surface area (Å²) >= 11 is 9.19. The average molecular weight is 302 g/mol. The lowest BCUT2D eigenvalue weighted by atomic mass is 10.4. The van der Waals surface area contributed by atoms with Crippen LogP contribution in [-0.2, 0) is 6.42 Å². The highest BCUT2D eigenvalue weighted by Crippen LogP contribution is 2.22. The number of anilines is 1. The van der Waals surface area contributed by atoms with Crippen molar-refractivity contribution in [2.75, 3.05) is 11.9 Å². The molecule has 0 unspecified atom stereocenters. The number of rotatable bonds is 4. The van der Waals surface area contributed by atoms with Gasteiger partial charge in [-0.05, 0) is 22.0 Å². The van der Waals surface area contributed by atoms with Crippen molar-refractivity contribution >= 4 is 33.3 Å². The smallest absolute Gasteiger partial charge is 0.140 e. The lowest BCUT2D eigenvalue weighted by Gasteiger charge is -2.06. The Morgan fingerprint density at radius 3 is 3.00 bits per heavy atom. The largest absolute Gasteiger partial charge is 0.369 e. The molecule has 0 bridgehead atoms. The highest BCUT2D eigenvalue weighted by atomic mass is 79.9. The molecule has 0 amide bonds. The maximum Gasteiger partial charge on any atom is 0.140 e. The standard InChI is InChI=1S/C10H10BrClN4/c11-8-5-7(12)6-16-10(8)15-2-1-9-13-3-4-14-9/h3-6H,1-2H2,(H,13,14)(H,15,16). The minimum atomic E-state index is 0.614. The van der Waals surface area contributed by atoms with Gasteiger partial charge in [-0.2, -0.15) is 0 Å². The Kier molecular flexibility index (Phi) is 3.79. The molecule has 2 aromatic heterocycles. The zero-order valence-corrected chi connectivity index (χ0v) is 10.7. The van der Waals surface area contributed by atoms with Crippen molar-refractivity contribution < 1.29 is 0 Å². The number of pyridine rings is 1. The summed E-state index contributed by atoms with van der Waals surface area (Å²) in [6, 6.07) is 1.81. The minimum absolute atomic E-state index is 0.614. The summed E-state index contributed by atoms with van der Waals surface area (Å²) in [7, 11) is 0. The molecule has 0 saturated heterocycles. The number of hydrogen-bond acceptors (Lipinski definition) is 3. The van der Waals surface area contributed by atoms with E-state index in [0.29, 0.717) is 5.02 Å². The van der Waals surface area contributed by atoms with E-state index in [1.165, 1.54) is 0 Å². The number of imidazole rings is 1. The Labute approximate surface area is 107 Å². The Hall–Kier alpha value is -1.07. The van der Waals surface area contributed by atoms with Crippen LogP contribution in [0.25, 0.3) is 0 Å². The Bertz CT molecular complexity index is 458. The normalized spacial score (nSPS) is 10.4. The molecule has 0 aliphatic heterocycles. The van der Waals surface area contributed by atoms with E-state index in [0.717, 1.165) is 29.1 Å². The van der Waals surface area contributed by atoms with Crippen LogP contribution in [0, 0.1) is 0 Å². The summed E-state index contributed by atoms with van der Waals surface area (Å²) in [5.74, 6) is 1.74. The number of H-pyrrole nitrogens is 1. The monoisotopic (exact) mass is 300 g/mol. The molecule has 4 nitrogen and oxygen atoms in total. The van der Waals surface area contributed by atoms with Gasteiger partial charge in [-0.25, -0.2) is 9.97 Å². The van der Waals surface area contributed by atoms with Crippen LogP contribution in [0.15, 0.2) is 29.1 Å². The van der Waals surface area contributed by atoms with E-state index in [-0.39, 0.29) is 0 Å². The zero-order valence-electron chi connectivity index (χ0n) is 8.37. The maximum atomic E-state index is 5.80. The molecule has 6 heteroatoms. The number of aromatic amines is 1. The van der Waals surface area contributed by atoms with Gasteiger partial charge in [-0.3, -0.25) is 0 Å². The molecule has 2 rings (SSSR count). The summed E-state index contributed by atoms with van der Waals surface area (Å²) in [4.78, 5) is 11.4. The number of nitrogens with one attached hydrogen (secondary N) is 2. The number of aromatic nitrogens is 3. The molecule has 0 fully saturated rings. The van der Waals surface area contributed by atoms with Crippen LogP contribution in [0.5, 0.6) is 0 Å². The zero-order chi connectivity index (χ0) is 11.4. The van der Waals surface area contributed by atoms with Gasteiger partial charge in [-0.1, -0.05) is 11.6 Å². The first-order chi connectivity index (χ1) is 7.75. The average Bonchev–Trinajstić information content (AvgIpc) is 2.74. The van der Waals surface area contributed by atoms with Crippen molar-refractivity contribution in [1.82, 2.24) is 15.0 Å². The minimum Gasteiger partial charge on any atom is -0.369 e. The number of halogens is 2. The summed E-state index contributed by atoms with van der Waals surface area (Å²) in [6.45, 7) is 0.765. The lowest BCUT2D eigenvalue weighted by Crippen LogP contribution is -2.07.